The topological polar surface area (TPSA) is 12.4 Å². The highest BCUT2D eigenvalue weighted by atomic mass is 14.6. The Kier molecular flexibility index (Phi) is 8.14. The second-order valence-electron chi connectivity index (χ2n) is 3.27. The quantitative estimate of drug-likeness (QED) is 0.660. The molecular formula is C15H23N. The van der Waals surface area contributed by atoms with Gasteiger partial charge in [-0.05, 0) is 30.0 Å². The number of benzene rings is 1. The van der Waals surface area contributed by atoms with Crippen LogP contribution in [0.5, 0.6) is 0 Å². The summed E-state index contributed by atoms with van der Waals surface area (Å²) in [6.45, 7) is 8.27. The summed E-state index contributed by atoms with van der Waals surface area (Å²) in [5.74, 6) is 0. The number of hydrogen-bond donors (Lipinski definition) is 0. The highest BCUT2D eigenvalue weighted by Gasteiger charge is 2.00. The van der Waals surface area contributed by atoms with E-state index in [0.29, 0.717) is 0 Å². The lowest BCUT2D eigenvalue weighted by Gasteiger charge is -2.05. The minimum atomic E-state index is 1.04. The van der Waals surface area contributed by atoms with Gasteiger partial charge in [-0.2, -0.15) is 0 Å². The van der Waals surface area contributed by atoms with Crippen molar-refractivity contribution in [2.45, 2.75) is 34.1 Å². The van der Waals surface area contributed by atoms with Crippen molar-refractivity contribution >= 4 is 11.8 Å². The highest BCUT2D eigenvalue weighted by molar-refractivity contribution is 6.10. The van der Waals surface area contributed by atoms with Crippen LogP contribution >= 0.6 is 0 Å². The van der Waals surface area contributed by atoms with Crippen LogP contribution in [0.2, 0.25) is 0 Å². The normalized spacial score (nSPS) is 11.2. The van der Waals surface area contributed by atoms with Crippen LogP contribution in [0, 0.1) is 6.92 Å². The molecule has 0 N–H and O–H groups in total. The summed E-state index contributed by atoms with van der Waals surface area (Å²) in [7, 11) is 1.81. The van der Waals surface area contributed by atoms with Crippen molar-refractivity contribution in [3.05, 3.63) is 41.5 Å². The fourth-order valence-electron chi connectivity index (χ4n) is 1.49. The molecule has 0 atom stereocenters. The first-order valence-electron chi connectivity index (χ1n) is 5.98. The standard InChI is InChI=1S/C13H17N.C2H6/c1-4-7-12(10-14-3)13-9-6-5-8-11(13)2;1-2/h5-10H,4H2,1-3H3;1-2H3/b12-7+,14-10?;. The van der Waals surface area contributed by atoms with Crippen molar-refractivity contribution in [3.8, 4) is 0 Å². The third-order valence-electron chi connectivity index (χ3n) is 2.15. The third-order valence-corrected chi connectivity index (χ3v) is 2.15. The summed E-state index contributed by atoms with van der Waals surface area (Å²) in [5, 5.41) is 0. The van der Waals surface area contributed by atoms with Gasteiger partial charge in [0.25, 0.3) is 0 Å². The molecule has 0 aliphatic rings. The van der Waals surface area contributed by atoms with Crippen molar-refractivity contribution in [2.24, 2.45) is 4.99 Å². The lowest BCUT2D eigenvalue weighted by Crippen LogP contribution is -1.89. The molecular weight excluding hydrogens is 194 g/mol. The van der Waals surface area contributed by atoms with E-state index in [1.807, 2.05) is 27.1 Å². The number of allylic oxidation sites excluding steroid dienone is 2. The molecule has 0 radical (unpaired) electrons. The summed E-state index contributed by atoms with van der Waals surface area (Å²) < 4.78 is 0. The van der Waals surface area contributed by atoms with Crippen molar-refractivity contribution in [1.29, 1.82) is 0 Å². The molecule has 0 unspecified atom stereocenters. The smallest absolute Gasteiger partial charge is 0.0284 e. The summed E-state index contributed by atoms with van der Waals surface area (Å²) in [6, 6.07) is 8.39. The molecule has 0 saturated carbocycles. The lowest BCUT2D eigenvalue weighted by molar-refractivity contribution is 1.23. The number of rotatable bonds is 3. The van der Waals surface area contributed by atoms with E-state index in [9.17, 15) is 0 Å². The molecule has 88 valence electrons. The van der Waals surface area contributed by atoms with Gasteiger partial charge in [-0.1, -0.05) is 51.1 Å². The molecule has 16 heavy (non-hydrogen) atoms. The molecule has 0 spiro atoms. The Morgan fingerprint density at radius 2 is 1.88 bits per heavy atom. The fraction of sp³-hybridized carbons (Fsp3) is 0.400. The van der Waals surface area contributed by atoms with Crippen LogP contribution in [0.3, 0.4) is 0 Å². The predicted octanol–water partition coefficient (Wildman–Crippen LogP) is 4.52. The zero-order valence-corrected chi connectivity index (χ0v) is 11.1. The van der Waals surface area contributed by atoms with Gasteiger partial charge in [-0.25, -0.2) is 0 Å². The maximum Gasteiger partial charge on any atom is 0.0284 e. The summed E-state index contributed by atoms with van der Waals surface area (Å²) >= 11 is 0. The van der Waals surface area contributed by atoms with E-state index in [-0.39, 0.29) is 0 Å². The van der Waals surface area contributed by atoms with Gasteiger partial charge in [0.15, 0.2) is 0 Å². The molecule has 1 heteroatoms. The molecule has 1 rings (SSSR count). The van der Waals surface area contributed by atoms with Gasteiger partial charge in [0.05, 0.1) is 0 Å². The average molecular weight is 217 g/mol. The maximum atomic E-state index is 4.08. The second kappa shape index (κ2) is 8.90. The van der Waals surface area contributed by atoms with E-state index in [2.05, 4.69) is 49.2 Å². The fourth-order valence-corrected chi connectivity index (χ4v) is 1.49. The summed E-state index contributed by atoms with van der Waals surface area (Å²) in [5.41, 5.74) is 3.79. The van der Waals surface area contributed by atoms with Gasteiger partial charge in [0.1, 0.15) is 0 Å². The predicted molar refractivity (Wildman–Crippen MR) is 75.2 cm³/mol. The van der Waals surface area contributed by atoms with Crippen LogP contribution in [0.4, 0.5) is 0 Å². The van der Waals surface area contributed by atoms with Crippen molar-refractivity contribution in [1.82, 2.24) is 0 Å². The van der Waals surface area contributed by atoms with Crippen LogP contribution in [0.1, 0.15) is 38.3 Å². The Hall–Kier alpha value is -1.37. The van der Waals surface area contributed by atoms with Crippen LogP contribution in [-0.2, 0) is 0 Å². The maximum absolute atomic E-state index is 4.08. The van der Waals surface area contributed by atoms with E-state index in [4.69, 9.17) is 0 Å². The first-order valence-corrected chi connectivity index (χ1v) is 5.98. The molecule has 0 bridgehead atoms. The van der Waals surface area contributed by atoms with E-state index >= 15 is 0 Å². The second-order valence-corrected chi connectivity index (χ2v) is 3.27. The molecule has 1 aromatic rings. The van der Waals surface area contributed by atoms with Crippen LogP contribution in [0.25, 0.3) is 5.57 Å². The molecule has 1 nitrogen and oxygen atoms in total. The van der Waals surface area contributed by atoms with Crippen molar-refractivity contribution < 1.29 is 0 Å². The molecule has 0 fully saturated rings. The first kappa shape index (κ1) is 14.6. The number of nitrogens with zero attached hydrogens (tertiary/aromatic N) is 1. The van der Waals surface area contributed by atoms with Gasteiger partial charge in [0, 0.05) is 13.3 Å². The van der Waals surface area contributed by atoms with E-state index in [1.165, 1.54) is 16.7 Å². The van der Waals surface area contributed by atoms with Crippen LogP contribution in [0.15, 0.2) is 35.3 Å². The van der Waals surface area contributed by atoms with Gasteiger partial charge in [0.2, 0.25) is 0 Å². The van der Waals surface area contributed by atoms with Crippen LogP contribution in [-0.4, -0.2) is 13.3 Å². The molecule has 0 aliphatic carbocycles. The number of aryl methyl sites for hydroxylation is 1. The Morgan fingerprint density at radius 3 is 2.38 bits per heavy atom. The summed E-state index contributed by atoms with van der Waals surface area (Å²) in [4.78, 5) is 4.08. The highest BCUT2D eigenvalue weighted by Crippen LogP contribution is 2.17. The average Bonchev–Trinajstić information content (AvgIpc) is 2.32. The molecule has 0 aromatic heterocycles. The zero-order valence-electron chi connectivity index (χ0n) is 11.1. The zero-order chi connectivity index (χ0) is 12.4. The largest absolute Gasteiger partial charge is 0.296 e. The Labute approximate surface area is 99.9 Å². The molecule has 1 aromatic carbocycles. The minimum Gasteiger partial charge on any atom is -0.296 e. The lowest BCUT2D eigenvalue weighted by atomic mass is 10.0. The van der Waals surface area contributed by atoms with E-state index in [1.54, 1.807) is 0 Å². The molecule has 0 amide bonds. The minimum absolute atomic E-state index is 1.04. The van der Waals surface area contributed by atoms with Crippen LogP contribution < -0.4 is 0 Å². The Bertz CT molecular complexity index is 348. The van der Waals surface area contributed by atoms with E-state index < -0.39 is 0 Å². The van der Waals surface area contributed by atoms with Gasteiger partial charge < -0.3 is 0 Å². The summed E-state index contributed by atoms with van der Waals surface area (Å²) in [6.07, 6.45) is 5.16. The van der Waals surface area contributed by atoms with Gasteiger partial charge in [-0.3, -0.25) is 4.99 Å². The first-order chi connectivity index (χ1) is 7.79. The SMILES string of the molecule is CC.CC/C=C(\C=NC)c1ccccc1C. The molecule has 0 aliphatic heterocycles. The third kappa shape index (κ3) is 4.43. The number of aliphatic imine (C=N–C) groups is 1. The monoisotopic (exact) mass is 217 g/mol. The Balaban J connectivity index is 0.00000106. The number of hydrogen-bond acceptors (Lipinski definition) is 1. The van der Waals surface area contributed by atoms with E-state index in [0.717, 1.165) is 6.42 Å². The van der Waals surface area contributed by atoms with Gasteiger partial charge in [-0.15, -0.1) is 0 Å². The van der Waals surface area contributed by atoms with Crippen molar-refractivity contribution in [2.75, 3.05) is 7.05 Å². The van der Waals surface area contributed by atoms with Crippen molar-refractivity contribution in [3.63, 3.8) is 0 Å². The van der Waals surface area contributed by atoms with Gasteiger partial charge >= 0.3 is 0 Å². The Morgan fingerprint density at radius 1 is 1.25 bits per heavy atom. The molecule has 0 heterocycles. The molecule has 0 saturated heterocycles.